The van der Waals surface area contributed by atoms with Crippen molar-refractivity contribution in [2.45, 2.75) is 37.8 Å². The summed E-state index contributed by atoms with van der Waals surface area (Å²) in [5, 5.41) is 3.17. The van der Waals surface area contributed by atoms with E-state index in [4.69, 9.17) is 4.74 Å². The first kappa shape index (κ1) is 18.0. The highest BCUT2D eigenvalue weighted by molar-refractivity contribution is 7.89. The second-order valence-electron chi connectivity index (χ2n) is 5.04. The number of halogens is 1. The average molecular weight is 318 g/mol. The van der Waals surface area contributed by atoms with Crippen LogP contribution in [0.5, 0.6) is 0 Å². The number of ether oxygens (including phenoxy) is 1. The highest BCUT2D eigenvalue weighted by atomic mass is 32.2. The number of benzene rings is 1. The van der Waals surface area contributed by atoms with Crippen LogP contribution in [0.3, 0.4) is 0 Å². The normalized spacial score (nSPS) is 12.0. The Labute approximate surface area is 125 Å². The molecule has 0 radical (unpaired) electrons. The van der Waals surface area contributed by atoms with Gasteiger partial charge in [0.1, 0.15) is 10.7 Å². The van der Waals surface area contributed by atoms with Gasteiger partial charge in [0.25, 0.3) is 0 Å². The van der Waals surface area contributed by atoms with Crippen LogP contribution in [0.1, 0.15) is 25.8 Å². The van der Waals surface area contributed by atoms with Crippen molar-refractivity contribution < 1.29 is 17.5 Å². The van der Waals surface area contributed by atoms with E-state index in [0.29, 0.717) is 19.6 Å². The van der Waals surface area contributed by atoms with E-state index in [0.717, 1.165) is 5.56 Å². The minimum Gasteiger partial charge on any atom is -0.385 e. The van der Waals surface area contributed by atoms with Crippen molar-refractivity contribution in [1.29, 1.82) is 0 Å². The van der Waals surface area contributed by atoms with E-state index >= 15 is 0 Å². The molecule has 21 heavy (non-hydrogen) atoms. The lowest BCUT2D eigenvalue weighted by Gasteiger charge is -2.11. The van der Waals surface area contributed by atoms with Gasteiger partial charge in [-0.1, -0.05) is 19.9 Å². The number of nitrogens with one attached hydrogen (secondary N) is 2. The van der Waals surface area contributed by atoms with Gasteiger partial charge in [-0.05, 0) is 24.1 Å². The lowest BCUT2D eigenvalue weighted by Crippen LogP contribution is -2.27. The summed E-state index contributed by atoms with van der Waals surface area (Å²) < 4.78 is 45.2. The van der Waals surface area contributed by atoms with Gasteiger partial charge in [0.2, 0.25) is 10.0 Å². The molecule has 0 fully saturated rings. The van der Waals surface area contributed by atoms with Crippen molar-refractivity contribution in [3.63, 3.8) is 0 Å². The highest BCUT2D eigenvalue weighted by Gasteiger charge is 2.19. The topological polar surface area (TPSA) is 67.4 Å². The number of hydrogen-bond acceptors (Lipinski definition) is 4. The highest BCUT2D eigenvalue weighted by Crippen LogP contribution is 2.16. The van der Waals surface area contributed by atoms with Crippen molar-refractivity contribution in [3.8, 4) is 0 Å². The van der Waals surface area contributed by atoms with Gasteiger partial charge >= 0.3 is 0 Å². The van der Waals surface area contributed by atoms with Crippen molar-refractivity contribution in [3.05, 3.63) is 29.6 Å². The monoisotopic (exact) mass is 318 g/mol. The summed E-state index contributed by atoms with van der Waals surface area (Å²) in [7, 11) is -2.30. The Morgan fingerprint density at radius 3 is 2.67 bits per heavy atom. The molecule has 1 aromatic rings. The molecular weight excluding hydrogens is 295 g/mol. The maximum Gasteiger partial charge on any atom is 0.243 e. The minimum absolute atomic E-state index is 0.212. The second kappa shape index (κ2) is 8.43. The van der Waals surface area contributed by atoms with Gasteiger partial charge in [0.15, 0.2) is 0 Å². The van der Waals surface area contributed by atoms with Crippen LogP contribution in [0.25, 0.3) is 0 Å². The fourth-order valence-corrected chi connectivity index (χ4v) is 2.89. The molecule has 7 heteroatoms. The largest absolute Gasteiger partial charge is 0.385 e. The SMILES string of the molecule is COCCCNS(=O)(=O)c1cc(CNC(C)C)ccc1F. The standard InChI is InChI=1S/C14H23FN2O3S/c1-11(2)16-10-12-5-6-13(15)14(9-12)21(18,19)17-7-4-8-20-3/h5-6,9,11,16-17H,4,7-8,10H2,1-3H3. The smallest absolute Gasteiger partial charge is 0.243 e. The molecule has 0 spiro atoms. The van der Waals surface area contributed by atoms with E-state index in [1.165, 1.54) is 12.1 Å². The molecule has 1 aromatic carbocycles. The first-order chi connectivity index (χ1) is 9.86. The van der Waals surface area contributed by atoms with Gasteiger partial charge in [-0.15, -0.1) is 0 Å². The zero-order valence-electron chi connectivity index (χ0n) is 12.6. The van der Waals surface area contributed by atoms with E-state index in [1.807, 2.05) is 13.8 Å². The maximum atomic E-state index is 13.8. The molecule has 0 amide bonds. The zero-order valence-corrected chi connectivity index (χ0v) is 13.5. The van der Waals surface area contributed by atoms with Crippen LogP contribution >= 0.6 is 0 Å². The Morgan fingerprint density at radius 2 is 2.05 bits per heavy atom. The predicted molar refractivity (Wildman–Crippen MR) is 80.1 cm³/mol. The molecule has 5 nitrogen and oxygen atoms in total. The van der Waals surface area contributed by atoms with Gasteiger partial charge in [-0.2, -0.15) is 0 Å². The lowest BCUT2D eigenvalue weighted by atomic mass is 10.2. The number of methoxy groups -OCH3 is 1. The molecule has 0 aliphatic rings. The van der Waals surface area contributed by atoms with E-state index in [2.05, 4.69) is 10.0 Å². The summed E-state index contributed by atoms with van der Waals surface area (Å²) in [5.74, 6) is -0.748. The summed E-state index contributed by atoms with van der Waals surface area (Å²) in [6.07, 6.45) is 0.534. The van der Waals surface area contributed by atoms with Crippen molar-refractivity contribution in [2.24, 2.45) is 0 Å². The van der Waals surface area contributed by atoms with Crippen LogP contribution in [0.15, 0.2) is 23.1 Å². The van der Waals surface area contributed by atoms with Crippen LogP contribution in [-0.4, -0.2) is 34.7 Å². The van der Waals surface area contributed by atoms with E-state index in [9.17, 15) is 12.8 Å². The van der Waals surface area contributed by atoms with Crippen molar-refractivity contribution in [2.75, 3.05) is 20.3 Å². The maximum absolute atomic E-state index is 13.8. The Kier molecular flexibility index (Phi) is 7.24. The first-order valence-corrected chi connectivity index (χ1v) is 8.35. The van der Waals surface area contributed by atoms with Gasteiger partial charge in [0.05, 0.1) is 0 Å². The summed E-state index contributed by atoms with van der Waals surface area (Å²) in [5.41, 5.74) is 0.724. The van der Waals surface area contributed by atoms with Gasteiger partial charge in [-0.25, -0.2) is 17.5 Å². The quantitative estimate of drug-likeness (QED) is 0.679. The van der Waals surface area contributed by atoms with Crippen LogP contribution in [0.4, 0.5) is 4.39 Å². The fraction of sp³-hybridized carbons (Fsp3) is 0.571. The van der Waals surface area contributed by atoms with Gasteiger partial charge < -0.3 is 10.1 Å². The number of hydrogen-bond donors (Lipinski definition) is 2. The molecule has 2 N–H and O–H groups in total. The van der Waals surface area contributed by atoms with Crippen molar-refractivity contribution in [1.82, 2.24) is 10.0 Å². The van der Waals surface area contributed by atoms with Crippen LogP contribution in [0.2, 0.25) is 0 Å². The summed E-state index contributed by atoms with van der Waals surface area (Å²) in [4.78, 5) is -0.317. The number of sulfonamides is 1. The van der Waals surface area contributed by atoms with Gasteiger partial charge in [0, 0.05) is 32.8 Å². The minimum atomic E-state index is -3.84. The molecule has 0 saturated carbocycles. The second-order valence-corrected chi connectivity index (χ2v) is 6.78. The Morgan fingerprint density at radius 1 is 1.33 bits per heavy atom. The van der Waals surface area contributed by atoms with E-state index < -0.39 is 15.8 Å². The van der Waals surface area contributed by atoms with Crippen molar-refractivity contribution >= 4 is 10.0 Å². The molecule has 0 atom stereocenters. The molecule has 0 aromatic heterocycles. The third-order valence-electron chi connectivity index (χ3n) is 2.82. The molecule has 0 bridgehead atoms. The molecule has 120 valence electrons. The predicted octanol–water partition coefficient (Wildman–Crippen LogP) is 1.64. The summed E-state index contributed by atoms with van der Waals surface area (Å²) >= 11 is 0. The molecule has 1 rings (SSSR count). The van der Waals surface area contributed by atoms with Gasteiger partial charge in [-0.3, -0.25) is 0 Å². The Hall–Kier alpha value is -1.02. The zero-order chi connectivity index (χ0) is 15.9. The van der Waals surface area contributed by atoms with Crippen LogP contribution < -0.4 is 10.0 Å². The molecule has 0 heterocycles. The summed E-state index contributed by atoms with van der Waals surface area (Å²) in [6.45, 7) is 5.12. The Bertz CT molecular complexity index is 547. The molecule has 0 aliphatic carbocycles. The molecule has 0 unspecified atom stereocenters. The molecule has 0 saturated heterocycles. The summed E-state index contributed by atoms with van der Waals surface area (Å²) in [6, 6.07) is 4.39. The fourth-order valence-electron chi connectivity index (χ4n) is 1.69. The van der Waals surface area contributed by atoms with Crippen LogP contribution in [0, 0.1) is 5.82 Å². The lowest BCUT2D eigenvalue weighted by molar-refractivity contribution is 0.196. The number of rotatable bonds is 9. The van der Waals surface area contributed by atoms with E-state index in [1.54, 1.807) is 13.2 Å². The third kappa shape index (κ3) is 6.09. The molecule has 0 aliphatic heterocycles. The average Bonchev–Trinajstić information content (AvgIpc) is 2.42. The van der Waals surface area contributed by atoms with E-state index in [-0.39, 0.29) is 17.5 Å². The third-order valence-corrected chi connectivity index (χ3v) is 4.29. The first-order valence-electron chi connectivity index (χ1n) is 6.87. The Balaban J connectivity index is 2.81. The van der Waals surface area contributed by atoms with Crippen LogP contribution in [-0.2, 0) is 21.3 Å². The molecular formula is C14H23FN2O3S.